The van der Waals surface area contributed by atoms with Crippen LogP contribution in [0.1, 0.15) is 0 Å². The molecule has 0 aliphatic heterocycles. The molecule has 0 radical (unpaired) electrons. The molecular formula is C10H18N2O4S. The van der Waals surface area contributed by atoms with E-state index in [9.17, 15) is 9.59 Å². The molecule has 3 N–H and O–H groups in total. The van der Waals surface area contributed by atoms with Gasteiger partial charge in [0.05, 0.1) is 6.61 Å². The van der Waals surface area contributed by atoms with Crippen LogP contribution in [-0.4, -0.2) is 50.8 Å². The van der Waals surface area contributed by atoms with E-state index in [0.717, 1.165) is 5.75 Å². The smallest absolute Gasteiger partial charge is 0.332 e. The van der Waals surface area contributed by atoms with Crippen LogP contribution in [0.4, 0.5) is 0 Å². The van der Waals surface area contributed by atoms with Crippen LogP contribution in [0.25, 0.3) is 0 Å². The zero-order chi connectivity index (χ0) is 12.9. The Morgan fingerprint density at radius 2 is 2.24 bits per heavy atom. The molecule has 0 fully saturated rings. The van der Waals surface area contributed by atoms with Gasteiger partial charge in [0, 0.05) is 36.9 Å². The lowest BCUT2D eigenvalue weighted by molar-refractivity contribution is -0.139. The monoisotopic (exact) mass is 262 g/mol. The summed E-state index contributed by atoms with van der Waals surface area (Å²) in [5, 5.41) is 2.53. The summed E-state index contributed by atoms with van der Waals surface area (Å²) in [6.07, 6.45) is 1.91. The minimum Gasteiger partial charge on any atom is -0.460 e. The van der Waals surface area contributed by atoms with Gasteiger partial charge in [-0.05, 0) is 0 Å². The zero-order valence-electron chi connectivity index (χ0n) is 9.81. The Hall–Kier alpha value is -1.21. The van der Waals surface area contributed by atoms with E-state index in [1.54, 1.807) is 0 Å². The molecule has 0 aromatic rings. The van der Waals surface area contributed by atoms with Crippen molar-refractivity contribution in [2.45, 2.75) is 0 Å². The van der Waals surface area contributed by atoms with Gasteiger partial charge < -0.3 is 20.5 Å². The van der Waals surface area contributed by atoms with Crippen molar-refractivity contribution in [2.75, 3.05) is 38.4 Å². The Morgan fingerprint density at radius 1 is 1.47 bits per heavy atom. The lowest BCUT2D eigenvalue weighted by Gasteiger charge is -2.03. The van der Waals surface area contributed by atoms with Crippen LogP contribution in [0.3, 0.4) is 0 Å². The molecule has 0 saturated carbocycles. The van der Waals surface area contributed by atoms with Crippen molar-refractivity contribution in [2.24, 2.45) is 5.73 Å². The lowest BCUT2D eigenvalue weighted by Crippen LogP contribution is -2.15. The van der Waals surface area contributed by atoms with Crippen LogP contribution >= 0.6 is 11.8 Å². The highest BCUT2D eigenvalue weighted by Crippen LogP contribution is 2.02. The van der Waals surface area contributed by atoms with Crippen molar-refractivity contribution < 1.29 is 19.1 Å². The second-order valence-electron chi connectivity index (χ2n) is 3.00. The van der Waals surface area contributed by atoms with E-state index in [-0.39, 0.29) is 6.61 Å². The Balaban J connectivity index is 3.61. The maximum atomic E-state index is 11.2. The van der Waals surface area contributed by atoms with Crippen molar-refractivity contribution in [3.05, 3.63) is 11.8 Å². The third-order valence-corrected chi connectivity index (χ3v) is 2.61. The predicted molar refractivity (Wildman–Crippen MR) is 66.5 cm³/mol. The van der Waals surface area contributed by atoms with Crippen LogP contribution in [0.15, 0.2) is 11.8 Å². The van der Waals surface area contributed by atoms with Crippen molar-refractivity contribution in [1.29, 1.82) is 0 Å². The van der Waals surface area contributed by atoms with Gasteiger partial charge in [0.1, 0.15) is 6.61 Å². The third-order valence-electron chi connectivity index (χ3n) is 1.58. The molecule has 0 aromatic heterocycles. The minimum absolute atomic E-state index is 0.218. The molecule has 6 nitrogen and oxygen atoms in total. The maximum Gasteiger partial charge on any atom is 0.332 e. The number of thioether (sulfide) groups is 1. The summed E-state index contributed by atoms with van der Waals surface area (Å²) >= 11 is 1.52. The zero-order valence-corrected chi connectivity index (χ0v) is 10.6. The molecule has 17 heavy (non-hydrogen) atoms. The number of hydrogen-bond donors (Lipinski definition) is 2. The lowest BCUT2D eigenvalue weighted by atomic mass is 10.4. The van der Waals surface area contributed by atoms with Gasteiger partial charge in [-0.1, -0.05) is 0 Å². The molecule has 98 valence electrons. The first kappa shape index (κ1) is 15.8. The standard InChI is InChI=1S/C10H18N2O4S/c1-15-3-4-16-10(14)6-9(11)7-17-5-2-12-8-13/h6,8H,2-5,7,11H2,1H3,(H,12,13)/b9-6-. The van der Waals surface area contributed by atoms with Gasteiger partial charge in [-0.25, -0.2) is 4.79 Å². The number of ether oxygens (including phenoxy) is 2. The van der Waals surface area contributed by atoms with Gasteiger partial charge in [-0.15, -0.1) is 0 Å². The predicted octanol–water partition coefficient (Wildman–Crippen LogP) is -0.502. The Bertz CT molecular complexity index is 259. The largest absolute Gasteiger partial charge is 0.460 e. The highest BCUT2D eigenvalue weighted by molar-refractivity contribution is 7.99. The summed E-state index contributed by atoms with van der Waals surface area (Å²) in [6.45, 7) is 1.17. The first-order chi connectivity index (χ1) is 8.20. The number of nitrogens with two attached hydrogens (primary N) is 1. The molecular weight excluding hydrogens is 244 g/mol. The summed E-state index contributed by atoms with van der Waals surface area (Å²) in [7, 11) is 1.53. The fourth-order valence-corrected chi connectivity index (χ4v) is 1.57. The van der Waals surface area contributed by atoms with Crippen LogP contribution in [0.5, 0.6) is 0 Å². The fourth-order valence-electron chi connectivity index (χ4n) is 0.840. The molecule has 1 amide bonds. The molecule has 0 aliphatic carbocycles. The van der Waals surface area contributed by atoms with Gasteiger partial charge in [0.15, 0.2) is 0 Å². The van der Waals surface area contributed by atoms with Crippen LogP contribution in [-0.2, 0) is 19.1 Å². The molecule has 0 rings (SSSR count). The van der Waals surface area contributed by atoms with Crippen LogP contribution < -0.4 is 11.1 Å². The highest BCUT2D eigenvalue weighted by atomic mass is 32.2. The molecule has 0 unspecified atom stereocenters. The van der Waals surface area contributed by atoms with Crippen LogP contribution in [0.2, 0.25) is 0 Å². The van der Waals surface area contributed by atoms with E-state index in [1.807, 2.05) is 0 Å². The SMILES string of the molecule is COCCOC(=O)/C=C(\N)CSCCNC=O. The number of rotatable bonds is 10. The van der Waals surface area contributed by atoms with E-state index in [2.05, 4.69) is 5.32 Å². The second-order valence-corrected chi connectivity index (χ2v) is 4.11. The van der Waals surface area contributed by atoms with E-state index in [4.69, 9.17) is 15.2 Å². The maximum absolute atomic E-state index is 11.2. The molecule has 0 spiro atoms. The van der Waals surface area contributed by atoms with Gasteiger partial charge >= 0.3 is 5.97 Å². The summed E-state index contributed by atoms with van der Waals surface area (Å²) in [5.41, 5.74) is 6.06. The minimum atomic E-state index is -0.467. The van der Waals surface area contributed by atoms with E-state index < -0.39 is 5.97 Å². The quantitative estimate of drug-likeness (QED) is 0.239. The molecule has 7 heteroatoms. The summed E-state index contributed by atoms with van der Waals surface area (Å²) in [5.74, 6) is 0.803. The van der Waals surface area contributed by atoms with Gasteiger partial charge in [0.25, 0.3) is 0 Å². The molecule has 0 heterocycles. The Morgan fingerprint density at radius 3 is 2.88 bits per heavy atom. The highest BCUT2D eigenvalue weighted by Gasteiger charge is 2.00. The fraction of sp³-hybridized carbons (Fsp3) is 0.600. The summed E-state index contributed by atoms with van der Waals surface area (Å²) < 4.78 is 9.54. The van der Waals surface area contributed by atoms with Gasteiger partial charge in [-0.3, -0.25) is 4.79 Å². The van der Waals surface area contributed by atoms with E-state index >= 15 is 0 Å². The molecule has 0 saturated heterocycles. The normalized spacial score (nSPS) is 11.0. The average molecular weight is 262 g/mol. The van der Waals surface area contributed by atoms with Crippen molar-refractivity contribution in [3.63, 3.8) is 0 Å². The first-order valence-electron chi connectivity index (χ1n) is 5.07. The Labute approximate surface area is 105 Å². The number of amides is 1. The first-order valence-corrected chi connectivity index (χ1v) is 6.22. The van der Waals surface area contributed by atoms with Crippen molar-refractivity contribution in [1.82, 2.24) is 5.32 Å². The third kappa shape index (κ3) is 11.1. The summed E-state index contributed by atoms with van der Waals surface area (Å²) in [6, 6.07) is 0. The number of hydrogen-bond acceptors (Lipinski definition) is 6. The van der Waals surface area contributed by atoms with Crippen molar-refractivity contribution in [3.8, 4) is 0 Å². The Kier molecular flexibility index (Phi) is 10.5. The van der Waals surface area contributed by atoms with Gasteiger partial charge in [-0.2, -0.15) is 11.8 Å². The molecule has 0 aliphatic rings. The number of nitrogens with one attached hydrogen (secondary N) is 1. The van der Waals surface area contributed by atoms with Crippen molar-refractivity contribution >= 4 is 24.1 Å². The average Bonchev–Trinajstić information content (AvgIpc) is 2.29. The van der Waals surface area contributed by atoms with Crippen LogP contribution in [0, 0.1) is 0 Å². The second kappa shape index (κ2) is 11.3. The van der Waals surface area contributed by atoms with Gasteiger partial charge in [0.2, 0.25) is 6.41 Å². The van der Waals surface area contributed by atoms with E-state index in [1.165, 1.54) is 24.9 Å². The number of carbonyl (C=O) groups is 2. The summed E-state index contributed by atoms with van der Waals surface area (Å²) in [4.78, 5) is 21.1. The number of carbonyl (C=O) groups excluding carboxylic acids is 2. The topological polar surface area (TPSA) is 90.7 Å². The molecule has 0 aromatic carbocycles. The van der Waals surface area contributed by atoms with E-state index in [0.29, 0.717) is 31.0 Å². The molecule has 0 atom stereocenters. The number of methoxy groups -OCH3 is 1. The molecule has 0 bridgehead atoms. The number of esters is 1.